The number of halogens is 2. The second kappa shape index (κ2) is 7.48. The van der Waals surface area contributed by atoms with E-state index < -0.39 is 0 Å². The molecule has 1 amide bonds. The van der Waals surface area contributed by atoms with Gasteiger partial charge >= 0.3 is 0 Å². The maximum absolute atomic E-state index is 12.2. The molecule has 110 valence electrons. The molecule has 0 aliphatic carbocycles. The number of hydrogen-bond acceptors (Lipinski definition) is 2. The van der Waals surface area contributed by atoms with Gasteiger partial charge in [0.25, 0.3) is 5.91 Å². The Morgan fingerprint density at radius 2 is 1.95 bits per heavy atom. The number of phenols is 1. The van der Waals surface area contributed by atoms with Crippen molar-refractivity contribution >= 4 is 33.4 Å². The maximum Gasteiger partial charge on any atom is 0.255 e. The molecule has 0 aliphatic rings. The molecule has 0 fully saturated rings. The van der Waals surface area contributed by atoms with Crippen molar-refractivity contribution in [3.8, 4) is 5.75 Å². The lowest BCUT2D eigenvalue weighted by atomic mass is 10.1. The van der Waals surface area contributed by atoms with Gasteiger partial charge in [-0.15, -0.1) is 11.6 Å². The van der Waals surface area contributed by atoms with E-state index in [1.807, 2.05) is 30.3 Å². The Bertz CT molecular complexity index is 619. The van der Waals surface area contributed by atoms with Gasteiger partial charge in [-0.1, -0.05) is 46.3 Å². The van der Waals surface area contributed by atoms with E-state index in [4.69, 9.17) is 11.6 Å². The van der Waals surface area contributed by atoms with Crippen LogP contribution >= 0.6 is 27.5 Å². The van der Waals surface area contributed by atoms with Crippen molar-refractivity contribution in [3.63, 3.8) is 0 Å². The van der Waals surface area contributed by atoms with E-state index >= 15 is 0 Å². The number of carbonyl (C=O) groups excluding carboxylic acids is 1. The Balaban J connectivity index is 2.06. The molecule has 0 aromatic heterocycles. The van der Waals surface area contributed by atoms with Crippen molar-refractivity contribution < 1.29 is 9.90 Å². The molecule has 3 nitrogen and oxygen atoms in total. The van der Waals surface area contributed by atoms with Gasteiger partial charge in [0.15, 0.2) is 0 Å². The summed E-state index contributed by atoms with van der Waals surface area (Å²) in [6.45, 7) is 0. The fraction of sp³-hybridized carbons (Fsp3) is 0.188. The molecule has 0 bridgehead atoms. The molecular weight excluding hydrogens is 354 g/mol. The summed E-state index contributed by atoms with van der Waals surface area (Å²) in [5.41, 5.74) is 1.34. The standard InChI is InChI=1S/C16H15BrClNO2/c17-12-6-7-14(15(20)9-12)16(21)19-13(10-18)8-11-4-2-1-3-5-11/h1-7,9,13,20H,8,10H2,(H,19,21). The molecule has 5 heteroatoms. The van der Waals surface area contributed by atoms with Crippen LogP contribution in [-0.2, 0) is 6.42 Å². The molecule has 0 aliphatic heterocycles. The minimum Gasteiger partial charge on any atom is -0.507 e. The van der Waals surface area contributed by atoms with E-state index in [1.54, 1.807) is 12.1 Å². The van der Waals surface area contributed by atoms with Gasteiger partial charge in [-0.25, -0.2) is 0 Å². The molecule has 0 spiro atoms. The first kappa shape index (κ1) is 15.9. The molecule has 2 aromatic carbocycles. The van der Waals surface area contributed by atoms with Crippen molar-refractivity contribution in [1.29, 1.82) is 0 Å². The number of aromatic hydroxyl groups is 1. The normalized spacial score (nSPS) is 11.9. The molecule has 2 rings (SSSR count). The van der Waals surface area contributed by atoms with E-state index in [9.17, 15) is 9.90 Å². The van der Waals surface area contributed by atoms with Crippen LogP contribution < -0.4 is 5.32 Å². The number of nitrogens with one attached hydrogen (secondary N) is 1. The van der Waals surface area contributed by atoms with Crippen molar-refractivity contribution in [2.45, 2.75) is 12.5 Å². The average Bonchev–Trinajstić information content (AvgIpc) is 2.47. The van der Waals surface area contributed by atoms with Crippen molar-refractivity contribution in [3.05, 3.63) is 64.1 Å². The van der Waals surface area contributed by atoms with E-state index in [2.05, 4.69) is 21.2 Å². The molecule has 2 N–H and O–H groups in total. The molecule has 21 heavy (non-hydrogen) atoms. The third-order valence-corrected chi connectivity index (χ3v) is 3.92. The summed E-state index contributed by atoms with van der Waals surface area (Å²) in [7, 11) is 0. The molecule has 0 saturated heterocycles. The van der Waals surface area contributed by atoms with Gasteiger partial charge in [-0.3, -0.25) is 4.79 Å². The Morgan fingerprint density at radius 1 is 1.24 bits per heavy atom. The summed E-state index contributed by atoms with van der Waals surface area (Å²) >= 11 is 9.17. The highest BCUT2D eigenvalue weighted by Crippen LogP contribution is 2.22. The number of phenolic OH excluding ortho intramolecular Hbond substituents is 1. The minimum atomic E-state index is -0.332. The lowest BCUT2D eigenvalue weighted by molar-refractivity contribution is 0.0938. The first-order chi connectivity index (χ1) is 10.1. The van der Waals surface area contributed by atoms with Crippen LogP contribution in [0, 0.1) is 0 Å². The molecule has 0 saturated carbocycles. The molecule has 0 heterocycles. The van der Waals surface area contributed by atoms with Crippen molar-refractivity contribution in [1.82, 2.24) is 5.32 Å². The summed E-state index contributed by atoms with van der Waals surface area (Å²) in [4.78, 5) is 12.2. The van der Waals surface area contributed by atoms with E-state index in [-0.39, 0.29) is 23.3 Å². The fourth-order valence-corrected chi connectivity index (χ4v) is 2.54. The monoisotopic (exact) mass is 367 g/mol. The highest BCUT2D eigenvalue weighted by molar-refractivity contribution is 9.10. The second-order valence-corrected chi connectivity index (χ2v) is 5.90. The van der Waals surface area contributed by atoms with Crippen LogP contribution in [0.3, 0.4) is 0 Å². The first-order valence-electron chi connectivity index (χ1n) is 6.49. The lowest BCUT2D eigenvalue weighted by Crippen LogP contribution is -2.37. The van der Waals surface area contributed by atoms with Gasteiger partial charge in [-0.2, -0.15) is 0 Å². The topological polar surface area (TPSA) is 49.3 Å². The molecule has 1 unspecified atom stereocenters. The fourth-order valence-electron chi connectivity index (χ4n) is 2.00. The van der Waals surface area contributed by atoms with Crippen LogP contribution in [0.25, 0.3) is 0 Å². The van der Waals surface area contributed by atoms with Crippen LogP contribution in [0.2, 0.25) is 0 Å². The highest BCUT2D eigenvalue weighted by atomic mass is 79.9. The summed E-state index contributed by atoms with van der Waals surface area (Å²) in [6.07, 6.45) is 0.646. The minimum absolute atomic E-state index is 0.0603. The number of alkyl halides is 1. The average molecular weight is 369 g/mol. The number of amides is 1. The predicted molar refractivity (Wildman–Crippen MR) is 87.9 cm³/mol. The largest absolute Gasteiger partial charge is 0.507 e. The van der Waals surface area contributed by atoms with Crippen molar-refractivity contribution in [2.24, 2.45) is 0 Å². The first-order valence-corrected chi connectivity index (χ1v) is 7.82. The zero-order valence-corrected chi connectivity index (χ0v) is 13.6. The number of hydrogen-bond donors (Lipinski definition) is 2. The Kier molecular flexibility index (Phi) is 5.65. The summed E-state index contributed by atoms with van der Waals surface area (Å²) in [5.74, 6) is -0.0886. The Morgan fingerprint density at radius 3 is 2.57 bits per heavy atom. The maximum atomic E-state index is 12.2. The van der Waals surface area contributed by atoms with Gasteiger partial charge < -0.3 is 10.4 Å². The third kappa shape index (κ3) is 4.48. The van der Waals surface area contributed by atoms with E-state index in [0.717, 1.165) is 10.0 Å². The van der Waals surface area contributed by atoms with Crippen LogP contribution in [0.15, 0.2) is 53.0 Å². The predicted octanol–water partition coefficient (Wildman–Crippen LogP) is 3.73. The van der Waals surface area contributed by atoms with Crippen LogP contribution in [0.1, 0.15) is 15.9 Å². The third-order valence-electron chi connectivity index (χ3n) is 3.05. The molecular formula is C16H15BrClNO2. The zero-order valence-electron chi connectivity index (χ0n) is 11.2. The SMILES string of the molecule is O=C(NC(CCl)Cc1ccccc1)c1ccc(Br)cc1O. The van der Waals surface area contributed by atoms with Crippen LogP contribution in [0.5, 0.6) is 5.75 Å². The van der Waals surface area contributed by atoms with Gasteiger partial charge in [0.05, 0.1) is 5.56 Å². The van der Waals surface area contributed by atoms with E-state index in [1.165, 1.54) is 6.07 Å². The van der Waals surface area contributed by atoms with Gasteiger partial charge in [0.1, 0.15) is 5.75 Å². The molecule has 0 radical (unpaired) electrons. The Hall–Kier alpha value is -1.52. The Labute approximate surface area is 137 Å². The number of carbonyl (C=O) groups is 1. The van der Waals surface area contributed by atoms with Crippen LogP contribution in [0.4, 0.5) is 0 Å². The number of rotatable bonds is 5. The number of benzene rings is 2. The van der Waals surface area contributed by atoms with Crippen molar-refractivity contribution in [2.75, 3.05) is 5.88 Å². The van der Waals surface area contributed by atoms with Crippen LogP contribution in [-0.4, -0.2) is 22.9 Å². The van der Waals surface area contributed by atoms with Gasteiger partial charge in [-0.05, 0) is 30.2 Å². The smallest absolute Gasteiger partial charge is 0.255 e. The van der Waals surface area contributed by atoms with E-state index in [0.29, 0.717) is 12.3 Å². The second-order valence-electron chi connectivity index (χ2n) is 4.68. The zero-order chi connectivity index (χ0) is 15.2. The summed E-state index contributed by atoms with van der Waals surface area (Å²) < 4.78 is 0.717. The lowest BCUT2D eigenvalue weighted by Gasteiger charge is -2.16. The summed E-state index contributed by atoms with van der Waals surface area (Å²) in [6, 6.07) is 14.4. The highest BCUT2D eigenvalue weighted by Gasteiger charge is 2.16. The van der Waals surface area contributed by atoms with Gasteiger partial charge in [0, 0.05) is 16.4 Å². The summed E-state index contributed by atoms with van der Waals surface area (Å²) in [5, 5.41) is 12.7. The molecule has 2 aromatic rings. The molecule has 1 atom stereocenters. The van der Waals surface area contributed by atoms with Gasteiger partial charge in [0.2, 0.25) is 0 Å². The quantitative estimate of drug-likeness (QED) is 0.790.